The van der Waals surface area contributed by atoms with Crippen molar-refractivity contribution in [2.75, 3.05) is 19.7 Å². The number of fused-ring (bicyclic) bond motifs is 1. The molecule has 1 saturated carbocycles. The van der Waals surface area contributed by atoms with Crippen LogP contribution >= 0.6 is 0 Å². The van der Waals surface area contributed by atoms with Gasteiger partial charge in [-0.1, -0.05) is 31.4 Å². The van der Waals surface area contributed by atoms with Crippen molar-refractivity contribution >= 4 is 11.8 Å². The van der Waals surface area contributed by atoms with Gasteiger partial charge in [0.2, 0.25) is 5.91 Å². The second-order valence-corrected chi connectivity index (χ2v) is 9.57. The van der Waals surface area contributed by atoms with E-state index in [4.69, 9.17) is 9.47 Å². The number of hydrogen-bond acceptors (Lipinski definition) is 4. The van der Waals surface area contributed by atoms with Gasteiger partial charge >= 0.3 is 0 Å². The van der Waals surface area contributed by atoms with Crippen LogP contribution in [0.5, 0.6) is 11.5 Å². The van der Waals surface area contributed by atoms with E-state index in [0.717, 1.165) is 56.3 Å². The van der Waals surface area contributed by atoms with Crippen LogP contribution < -0.4 is 14.8 Å². The van der Waals surface area contributed by atoms with E-state index in [0.29, 0.717) is 18.8 Å². The molecule has 1 aromatic carbocycles. The number of para-hydroxylation sites is 1. The van der Waals surface area contributed by atoms with E-state index in [-0.39, 0.29) is 36.0 Å². The standard InChI is InChI=1S/C24H34N2O4/c1-24(2)15-18-9-6-10-20(22(18)30-24)29-16-21(27)26-13-11-19(12-14-26)25-23(28)17-7-4-3-5-8-17/h6,9-10,17,19H,3-5,7-8,11-16H2,1-2H3,(H,25,28). The Morgan fingerprint density at radius 2 is 1.87 bits per heavy atom. The Morgan fingerprint density at radius 1 is 1.13 bits per heavy atom. The van der Waals surface area contributed by atoms with Crippen LogP contribution in [0, 0.1) is 5.92 Å². The lowest BCUT2D eigenvalue weighted by Crippen LogP contribution is -2.48. The summed E-state index contributed by atoms with van der Waals surface area (Å²) in [5.74, 6) is 1.79. The predicted molar refractivity (Wildman–Crippen MR) is 115 cm³/mol. The average molecular weight is 415 g/mol. The third-order valence-electron chi connectivity index (χ3n) is 6.58. The zero-order valence-corrected chi connectivity index (χ0v) is 18.2. The third-order valence-corrected chi connectivity index (χ3v) is 6.58. The first-order valence-electron chi connectivity index (χ1n) is 11.4. The molecule has 2 amide bonds. The molecule has 0 radical (unpaired) electrons. The molecule has 6 heteroatoms. The van der Waals surface area contributed by atoms with Crippen LogP contribution in [0.2, 0.25) is 0 Å². The van der Waals surface area contributed by atoms with Gasteiger partial charge in [0.15, 0.2) is 18.1 Å². The number of hydrogen-bond donors (Lipinski definition) is 1. The maximum absolute atomic E-state index is 12.6. The summed E-state index contributed by atoms with van der Waals surface area (Å²) in [4.78, 5) is 26.9. The summed E-state index contributed by atoms with van der Waals surface area (Å²) in [5.41, 5.74) is 0.884. The first kappa shape index (κ1) is 21.0. The van der Waals surface area contributed by atoms with Crippen LogP contribution in [-0.2, 0) is 16.0 Å². The number of nitrogens with one attached hydrogen (secondary N) is 1. The van der Waals surface area contributed by atoms with Crippen molar-refractivity contribution < 1.29 is 19.1 Å². The van der Waals surface area contributed by atoms with Gasteiger partial charge in [0.05, 0.1) is 0 Å². The summed E-state index contributed by atoms with van der Waals surface area (Å²) in [6, 6.07) is 6.03. The molecule has 1 saturated heterocycles. The molecule has 0 bridgehead atoms. The Hall–Kier alpha value is -2.24. The van der Waals surface area contributed by atoms with Crippen LogP contribution in [0.1, 0.15) is 64.4 Å². The molecular formula is C24H34N2O4. The van der Waals surface area contributed by atoms with Crippen molar-refractivity contribution in [1.82, 2.24) is 10.2 Å². The molecule has 1 aliphatic carbocycles. The smallest absolute Gasteiger partial charge is 0.260 e. The Labute approximate surface area is 179 Å². The molecule has 3 aliphatic rings. The Kier molecular flexibility index (Phi) is 6.21. The number of likely N-dealkylation sites (tertiary alicyclic amines) is 1. The normalized spacial score (nSPS) is 21.6. The van der Waals surface area contributed by atoms with E-state index in [1.54, 1.807) is 0 Å². The highest BCUT2D eigenvalue weighted by Crippen LogP contribution is 2.41. The summed E-state index contributed by atoms with van der Waals surface area (Å²) in [6.45, 7) is 5.44. The number of benzene rings is 1. The van der Waals surface area contributed by atoms with Crippen molar-refractivity contribution in [3.8, 4) is 11.5 Å². The van der Waals surface area contributed by atoms with Gasteiger partial charge in [0.1, 0.15) is 5.60 Å². The van der Waals surface area contributed by atoms with Crippen molar-refractivity contribution in [3.05, 3.63) is 23.8 Å². The summed E-state index contributed by atoms with van der Waals surface area (Å²) >= 11 is 0. The lowest BCUT2D eigenvalue weighted by Gasteiger charge is -2.33. The number of rotatable bonds is 5. The topological polar surface area (TPSA) is 67.9 Å². The highest BCUT2D eigenvalue weighted by Gasteiger charge is 2.33. The van der Waals surface area contributed by atoms with E-state index in [2.05, 4.69) is 19.2 Å². The van der Waals surface area contributed by atoms with Gasteiger partial charge < -0.3 is 19.7 Å². The highest BCUT2D eigenvalue weighted by atomic mass is 16.5. The Morgan fingerprint density at radius 3 is 2.60 bits per heavy atom. The minimum atomic E-state index is -0.240. The first-order chi connectivity index (χ1) is 14.4. The molecule has 2 aliphatic heterocycles. The van der Waals surface area contributed by atoms with Crippen molar-refractivity contribution in [3.63, 3.8) is 0 Å². The lowest BCUT2D eigenvalue weighted by atomic mass is 9.88. The second-order valence-electron chi connectivity index (χ2n) is 9.57. The average Bonchev–Trinajstić information content (AvgIpc) is 3.07. The minimum absolute atomic E-state index is 0.0121. The maximum atomic E-state index is 12.6. The molecule has 0 unspecified atom stereocenters. The summed E-state index contributed by atoms with van der Waals surface area (Å²) < 4.78 is 11.9. The van der Waals surface area contributed by atoms with Crippen molar-refractivity contribution in [2.45, 2.75) is 76.9 Å². The molecule has 0 spiro atoms. The fourth-order valence-electron chi connectivity index (χ4n) is 4.89. The van der Waals surface area contributed by atoms with E-state index < -0.39 is 0 Å². The summed E-state index contributed by atoms with van der Waals surface area (Å²) in [6.07, 6.45) is 8.08. The van der Waals surface area contributed by atoms with Gasteiger partial charge in [-0.05, 0) is 45.6 Å². The molecule has 2 fully saturated rings. The molecule has 4 rings (SSSR count). The molecule has 164 valence electrons. The van der Waals surface area contributed by atoms with Gasteiger partial charge in [0.25, 0.3) is 5.91 Å². The van der Waals surface area contributed by atoms with Gasteiger partial charge in [-0.3, -0.25) is 9.59 Å². The van der Waals surface area contributed by atoms with Gasteiger partial charge in [0, 0.05) is 37.0 Å². The molecule has 6 nitrogen and oxygen atoms in total. The molecule has 30 heavy (non-hydrogen) atoms. The Bertz CT molecular complexity index is 777. The number of carbonyl (C=O) groups excluding carboxylic acids is 2. The van der Waals surface area contributed by atoms with E-state index in [1.165, 1.54) is 6.42 Å². The second kappa shape index (κ2) is 8.86. The molecule has 2 heterocycles. The lowest BCUT2D eigenvalue weighted by molar-refractivity contribution is -0.134. The van der Waals surface area contributed by atoms with Crippen LogP contribution in [0.25, 0.3) is 0 Å². The number of ether oxygens (including phenoxy) is 2. The molecule has 0 atom stereocenters. The molecule has 1 N–H and O–H groups in total. The SMILES string of the molecule is CC1(C)Cc2cccc(OCC(=O)N3CCC(NC(=O)C4CCCCC4)CC3)c2O1. The maximum Gasteiger partial charge on any atom is 0.260 e. The fraction of sp³-hybridized carbons (Fsp3) is 0.667. The van der Waals surface area contributed by atoms with Crippen LogP contribution in [-0.4, -0.2) is 48.1 Å². The Balaban J connectivity index is 1.23. The number of piperidine rings is 1. The van der Waals surface area contributed by atoms with Crippen molar-refractivity contribution in [2.24, 2.45) is 5.92 Å². The summed E-state index contributed by atoms with van der Waals surface area (Å²) in [5, 5.41) is 3.22. The predicted octanol–water partition coefficient (Wildman–Crippen LogP) is 3.47. The van der Waals surface area contributed by atoms with Crippen LogP contribution in [0.15, 0.2) is 18.2 Å². The number of carbonyl (C=O) groups is 2. The fourth-order valence-corrected chi connectivity index (χ4v) is 4.89. The van der Waals surface area contributed by atoms with Gasteiger partial charge in [-0.25, -0.2) is 0 Å². The van der Waals surface area contributed by atoms with Gasteiger partial charge in [-0.2, -0.15) is 0 Å². The minimum Gasteiger partial charge on any atom is -0.483 e. The van der Waals surface area contributed by atoms with E-state index in [1.807, 2.05) is 23.1 Å². The monoisotopic (exact) mass is 414 g/mol. The molecule has 1 aromatic rings. The summed E-state index contributed by atoms with van der Waals surface area (Å²) in [7, 11) is 0. The van der Waals surface area contributed by atoms with Gasteiger partial charge in [-0.15, -0.1) is 0 Å². The zero-order valence-electron chi connectivity index (χ0n) is 18.2. The van der Waals surface area contributed by atoms with Crippen molar-refractivity contribution in [1.29, 1.82) is 0 Å². The van der Waals surface area contributed by atoms with E-state index in [9.17, 15) is 9.59 Å². The van der Waals surface area contributed by atoms with Crippen LogP contribution in [0.4, 0.5) is 0 Å². The quantitative estimate of drug-likeness (QED) is 0.801. The highest BCUT2D eigenvalue weighted by molar-refractivity contribution is 5.79. The number of nitrogens with zero attached hydrogens (tertiary/aromatic N) is 1. The van der Waals surface area contributed by atoms with Crippen LogP contribution in [0.3, 0.4) is 0 Å². The number of amides is 2. The molecule has 0 aromatic heterocycles. The largest absolute Gasteiger partial charge is 0.483 e. The molecular weight excluding hydrogens is 380 g/mol. The third kappa shape index (κ3) is 4.90. The van der Waals surface area contributed by atoms with E-state index >= 15 is 0 Å². The first-order valence-corrected chi connectivity index (χ1v) is 11.4. The zero-order chi connectivity index (χ0) is 21.1.